The first kappa shape index (κ1) is 28.6. The predicted octanol–water partition coefficient (Wildman–Crippen LogP) is 11.8. The number of aryl methyl sites for hydroxylation is 1. The van der Waals surface area contributed by atoms with Gasteiger partial charge in [0.05, 0.1) is 5.41 Å². The van der Waals surface area contributed by atoms with E-state index in [4.69, 9.17) is 0 Å². The highest BCUT2D eigenvalue weighted by molar-refractivity contribution is 5.90. The quantitative estimate of drug-likeness (QED) is 0.151. The van der Waals surface area contributed by atoms with E-state index in [0.717, 1.165) is 19.3 Å². The van der Waals surface area contributed by atoms with Crippen LogP contribution in [0.25, 0.3) is 27.8 Å². The van der Waals surface area contributed by atoms with Crippen molar-refractivity contribution in [1.82, 2.24) is 0 Å². The van der Waals surface area contributed by atoms with Gasteiger partial charge in [-0.05, 0) is 119 Å². The molecule has 1 atom stereocenters. The Morgan fingerprint density at radius 2 is 1.67 bits per heavy atom. The Labute approximate surface area is 268 Å². The van der Waals surface area contributed by atoms with Crippen LogP contribution in [0.15, 0.2) is 175 Å². The lowest BCUT2D eigenvalue weighted by Gasteiger charge is -2.36. The van der Waals surface area contributed by atoms with E-state index in [9.17, 15) is 0 Å². The van der Waals surface area contributed by atoms with Crippen molar-refractivity contribution in [2.24, 2.45) is 0 Å². The minimum Gasteiger partial charge on any atom is -0.121 e. The molecule has 3 aliphatic rings. The van der Waals surface area contributed by atoms with Crippen LogP contribution in [0, 0.1) is 6.92 Å². The molecule has 45 heavy (non-hydrogen) atoms. The van der Waals surface area contributed by atoms with Gasteiger partial charge in [-0.1, -0.05) is 139 Å². The zero-order valence-corrected chi connectivity index (χ0v) is 26.1. The van der Waals surface area contributed by atoms with Gasteiger partial charge in [0.15, 0.2) is 0 Å². The fraction of sp³-hybridized carbons (Fsp3) is 0.133. The lowest BCUT2D eigenvalue weighted by atomic mass is 9.66. The fourth-order valence-electron chi connectivity index (χ4n) is 7.00. The van der Waals surface area contributed by atoms with E-state index in [0.29, 0.717) is 0 Å². The summed E-state index contributed by atoms with van der Waals surface area (Å²) in [6.07, 6.45) is 27.1. The number of fused-ring (bicyclic) bond motifs is 3. The topological polar surface area (TPSA) is 0 Å². The fourth-order valence-corrected chi connectivity index (χ4v) is 7.00. The van der Waals surface area contributed by atoms with Gasteiger partial charge in [0, 0.05) is 0 Å². The molecular weight excluding hydrogens is 540 g/mol. The summed E-state index contributed by atoms with van der Waals surface area (Å²) in [5, 5.41) is 0. The summed E-state index contributed by atoms with van der Waals surface area (Å²) in [6, 6.07) is 34.3. The maximum atomic E-state index is 3.20. The normalized spacial score (nSPS) is 18.5. The van der Waals surface area contributed by atoms with E-state index in [1.165, 1.54) is 66.8 Å². The molecule has 4 aromatic carbocycles. The zero-order chi connectivity index (χ0) is 30.6. The van der Waals surface area contributed by atoms with Crippen LogP contribution in [0.5, 0.6) is 0 Å². The highest BCUT2D eigenvalue weighted by Crippen LogP contribution is 2.58. The number of allylic oxidation sites excluding steroid dienone is 13. The molecule has 0 radical (unpaired) electrons. The van der Waals surface area contributed by atoms with Crippen LogP contribution in [0.2, 0.25) is 0 Å². The number of benzene rings is 4. The first-order valence-electron chi connectivity index (χ1n) is 16.1. The van der Waals surface area contributed by atoms with Gasteiger partial charge < -0.3 is 0 Å². The molecule has 0 aromatic heterocycles. The van der Waals surface area contributed by atoms with Crippen LogP contribution in [0.4, 0.5) is 0 Å². The second-order valence-corrected chi connectivity index (χ2v) is 12.2. The van der Waals surface area contributed by atoms with Crippen molar-refractivity contribution >= 4 is 5.57 Å². The minimum absolute atomic E-state index is 0.373. The molecule has 0 amide bonds. The zero-order valence-electron chi connectivity index (χ0n) is 26.1. The van der Waals surface area contributed by atoms with Crippen molar-refractivity contribution in [2.45, 2.75) is 38.5 Å². The smallest absolute Gasteiger partial charge is 0.0710 e. The molecule has 0 N–H and O–H groups in total. The van der Waals surface area contributed by atoms with E-state index < -0.39 is 0 Å². The average Bonchev–Trinajstić information content (AvgIpc) is 3.19. The molecule has 0 aliphatic heterocycles. The van der Waals surface area contributed by atoms with Crippen LogP contribution < -0.4 is 0 Å². The van der Waals surface area contributed by atoms with Gasteiger partial charge >= 0.3 is 0 Å². The third kappa shape index (κ3) is 5.40. The number of rotatable bonds is 7. The predicted molar refractivity (Wildman–Crippen MR) is 192 cm³/mol. The maximum Gasteiger partial charge on any atom is 0.0710 e. The number of hydrogen-bond acceptors (Lipinski definition) is 0. The Morgan fingerprint density at radius 1 is 0.822 bits per heavy atom. The van der Waals surface area contributed by atoms with Crippen LogP contribution in [0.3, 0.4) is 0 Å². The van der Waals surface area contributed by atoms with Crippen LogP contribution in [-0.2, 0) is 5.41 Å². The van der Waals surface area contributed by atoms with E-state index in [1.54, 1.807) is 0 Å². The summed E-state index contributed by atoms with van der Waals surface area (Å²) < 4.78 is 0. The Hall–Kier alpha value is -5.16. The summed E-state index contributed by atoms with van der Waals surface area (Å²) in [5.74, 6) is 0. The van der Waals surface area contributed by atoms with Gasteiger partial charge in [-0.15, -0.1) is 5.73 Å². The van der Waals surface area contributed by atoms with Crippen LogP contribution in [-0.4, -0.2) is 0 Å². The SMILES string of the molecule is C/C(=C\C=C/CC1=CC=CC=C=C1)c1ccc2c(c1)-c1ccc(-c3ccc(C)cc3)cc1C2(C1=CCCC=C1)c1ccccc1. The molecule has 4 aromatic rings. The summed E-state index contributed by atoms with van der Waals surface area (Å²) in [7, 11) is 0. The average molecular weight is 579 g/mol. The molecule has 0 saturated heterocycles. The van der Waals surface area contributed by atoms with E-state index in [1.807, 2.05) is 12.2 Å². The van der Waals surface area contributed by atoms with E-state index in [-0.39, 0.29) is 5.41 Å². The second kappa shape index (κ2) is 12.4. The lowest BCUT2D eigenvalue weighted by molar-refractivity contribution is 0.751. The van der Waals surface area contributed by atoms with Gasteiger partial charge in [-0.3, -0.25) is 0 Å². The highest BCUT2D eigenvalue weighted by Gasteiger charge is 2.47. The van der Waals surface area contributed by atoms with Crippen molar-refractivity contribution in [3.05, 3.63) is 203 Å². The van der Waals surface area contributed by atoms with Crippen molar-refractivity contribution in [2.75, 3.05) is 0 Å². The highest BCUT2D eigenvalue weighted by atomic mass is 14.5. The Bertz CT molecular complexity index is 1990. The molecule has 0 bridgehead atoms. The molecule has 1 unspecified atom stereocenters. The summed E-state index contributed by atoms with van der Waals surface area (Å²) in [5.41, 5.74) is 18.4. The van der Waals surface area contributed by atoms with Crippen molar-refractivity contribution in [1.29, 1.82) is 0 Å². The summed E-state index contributed by atoms with van der Waals surface area (Å²) in [4.78, 5) is 0. The van der Waals surface area contributed by atoms with Gasteiger partial charge in [0.1, 0.15) is 0 Å². The van der Waals surface area contributed by atoms with Gasteiger partial charge in [-0.25, -0.2) is 0 Å². The molecule has 0 spiro atoms. The Morgan fingerprint density at radius 3 is 2.49 bits per heavy atom. The number of hydrogen-bond donors (Lipinski definition) is 0. The minimum atomic E-state index is -0.373. The van der Waals surface area contributed by atoms with E-state index in [2.05, 4.69) is 165 Å². The maximum absolute atomic E-state index is 3.20. The van der Waals surface area contributed by atoms with Gasteiger partial charge in [0.2, 0.25) is 0 Å². The second-order valence-electron chi connectivity index (χ2n) is 12.2. The third-order valence-corrected chi connectivity index (χ3v) is 9.33. The van der Waals surface area contributed by atoms with E-state index >= 15 is 0 Å². The third-order valence-electron chi connectivity index (χ3n) is 9.33. The summed E-state index contributed by atoms with van der Waals surface area (Å²) >= 11 is 0. The first-order chi connectivity index (χ1) is 22.1. The van der Waals surface area contributed by atoms with Crippen molar-refractivity contribution < 1.29 is 0 Å². The molecule has 0 fully saturated rings. The molecule has 0 saturated carbocycles. The molecule has 0 heteroatoms. The lowest BCUT2D eigenvalue weighted by Crippen LogP contribution is -2.29. The Balaban J connectivity index is 1.36. The Kier molecular flexibility index (Phi) is 7.91. The monoisotopic (exact) mass is 578 g/mol. The van der Waals surface area contributed by atoms with Crippen LogP contribution >= 0.6 is 0 Å². The first-order valence-corrected chi connectivity index (χ1v) is 16.1. The molecule has 0 nitrogen and oxygen atoms in total. The molecule has 0 heterocycles. The largest absolute Gasteiger partial charge is 0.121 e. The van der Waals surface area contributed by atoms with Crippen molar-refractivity contribution in [3.8, 4) is 22.3 Å². The molecule has 7 rings (SSSR count). The standard InChI is InChI=1S/C45H38/c1-33-23-25-36(26-24-33)38-27-29-41-42-31-37(34(2)15-13-14-18-35-16-7-3-4-8-17-35)28-30-43(42)45(44(41)32-38,39-19-9-5-10-20-39)40-21-11-6-12-22-40/h3-5,7,9-11,13-17,19-32H,6,12,18H2,1-2H3/b14-13-,34-15+. The van der Waals surface area contributed by atoms with Gasteiger partial charge in [0.25, 0.3) is 0 Å². The summed E-state index contributed by atoms with van der Waals surface area (Å²) in [6.45, 7) is 4.37. The van der Waals surface area contributed by atoms with Gasteiger partial charge in [-0.2, -0.15) is 0 Å². The molecule has 3 aliphatic carbocycles. The van der Waals surface area contributed by atoms with Crippen molar-refractivity contribution in [3.63, 3.8) is 0 Å². The van der Waals surface area contributed by atoms with Crippen LogP contribution in [0.1, 0.15) is 54.0 Å². The molecular formula is C45H38. The molecule has 218 valence electrons.